The van der Waals surface area contributed by atoms with Gasteiger partial charge in [-0.15, -0.1) is 0 Å². The van der Waals surface area contributed by atoms with Crippen LogP contribution in [0.5, 0.6) is 0 Å². The minimum Gasteiger partial charge on any atom is -0.481 e. The second kappa shape index (κ2) is 2.90. The number of hydrogen-bond donors (Lipinski definition) is 2. The van der Waals surface area contributed by atoms with Gasteiger partial charge in [0.15, 0.2) is 0 Å². The Labute approximate surface area is 64.6 Å². The Morgan fingerprint density at radius 1 is 1.55 bits per heavy atom. The maximum atomic E-state index is 10.9. The molecule has 62 valence electrons. The summed E-state index contributed by atoms with van der Waals surface area (Å²) in [7, 11) is 0. The molecule has 1 fully saturated rings. The molecule has 1 saturated carbocycles. The summed E-state index contributed by atoms with van der Waals surface area (Å²) in [6, 6.07) is 0. The zero-order chi connectivity index (χ0) is 8.43. The molecule has 1 aliphatic carbocycles. The molecule has 0 heterocycles. The number of amides is 1. The molecule has 2 atom stereocenters. The molecule has 0 bridgehead atoms. The first kappa shape index (κ1) is 8.04. The van der Waals surface area contributed by atoms with Crippen LogP contribution in [-0.4, -0.2) is 23.5 Å². The van der Waals surface area contributed by atoms with Gasteiger partial charge in [-0.3, -0.25) is 9.59 Å². The zero-order valence-corrected chi connectivity index (χ0v) is 6.33. The number of carboxylic acid groups (broad SMARTS) is 1. The van der Waals surface area contributed by atoms with Crippen LogP contribution in [0.2, 0.25) is 0 Å². The Hall–Kier alpha value is -1.06. The van der Waals surface area contributed by atoms with E-state index in [0.29, 0.717) is 13.0 Å². The number of carbonyl (C=O) groups is 2. The monoisotopic (exact) mass is 157 g/mol. The summed E-state index contributed by atoms with van der Waals surface area (Å²) >= 11 is 0. The van der Waals surface area contributed by atoms with Crippen LogP contribution in [0.25, 0.3) is 0 Å². The van der Waals surface area contributed by atoms with Gasteiger partial charge in [-0.1, -0.05) is 0 Å². The lowest BCUT2D eigenvalue weighted by atomic mass is 10.3. The predicted molar refractivity (Wildman–Crippen MR) is 37.9 cm³/mol. The lowest BCUT2D eigenvalue weighted by Gasteiger charge is -1.97. The largest absolute Gasteiger partial charge is 0.481 e. The summed E-state index contributed by atoms with van der Waals surface area (Å²) in [5, 5.41) is 11.1. The predicted octanol–water partition coefficient (Wildman–Crippen LogP) is -0.157. The Kier molecular flexibility index (Phi) is 2.12. The van der Waals surface area contributed by atoms with Gasteiger partial charge >= 0.3 is 5.97 Å². The molecule has 0 spiro atoms. The highest BCUT2D eigenvalue weighted by Gasteiger charge is 2.47. The van der Waals surface area contributed by atoms with Crippen molar-refractivity contribution in [3.63, 3.8) is 0 Å². The van der Waals surface area contributed by atoms with E-state index in [1.165, 1.54) is 0 Å². The highest BCUT2D eigenvalue weighted by molar-refractivity contribution is 5.89. The van der Waals surface area contributed by atoms with E-state index in [0.717, 1.165) is 0 Å². The Bertz CT molecular complexity index is 190. The molecule has 0 aromatic rings. The summed E-state index contributed by atoms with van der Waals surface area (Å²) in [4.78, 5) is 21.2. The maximum absolute atomic E-state index is 10.9. The SMILES string of the molecule is CCNC(=O)[C@@H]1C[C@H]1C(=O)O. The molecule has 4 nitrogen and oxygen atoms in total. The zero-order valence-electron chi connectivity index (χ0n) is 6.33. The van der Waals surface area contributed by atoms with Gasteiger partial charge in [-0.2, -0.15) is 0 Å². The van der Waals surface area contributed by atoms with Crippen molar-refractivity contribution in [2.45, 2.75) is 13.3 Å². The third-order valence-electron chi connectivity index (χ3n) is 1.80. The molecule has 0 saturated heterocycles. The quantitative estimate of drug-likeness (QED) is 0.598. The van der Waals surface area contributed by atoms with Gasteiger partial charge < -0.3 is 10.4 Å². The number of nitrogens with one attached hydrogen (secondary N) is 1. The molecular weight excluding hydrogens is 146 g/mol. The maximum Gasteiger partial charge on any atom is 0.307 e. The van der Waals surface area contributed by atoms with E-state index in [1.807, 2.05) is 6.92 Å². The van der Waals surface area contributed by atoms with Crippen LogP contribution in [0.1, 0.15) is 13.3 Å². The second-order valence-corrected chi connectivity index (χ2v) is 2.68. The molecular formula is C7H11NO3. The summed E-state index contributed by atoms with van der Waals surface area (Å²) in [5.41, 5.74) is 0. The minimum absolute atomic E-state index is 0.125. The fourth-order valence-corrected chi connectivity index (χ4v) is 1.06. The van der Waals surface area contributed by atoms with E-state index in [1.54, 1.807) is 0 Å². The number of rotatable bonds is 3. The molecule has 4 heteroatoms. The van der Waals surface area contributed by atoms with E-state index < -0.39 is 11.9 Å². The number of carboxylic acids is 1. The van der Waals surface area contributed by atoms with Gasteiger partial charge in [-0.25, -0.2) is 0 Å². The van der Waals surface area contributed by atoms with Crippen molar-refractivity contribution in [2.75, 3.05) is 6.54 Å². The van der Waals surface area contributed by atoms with Crippen LogP contribution < -0.4 is 5.32 Å². The third-order valence-corrected chi connectivity index (χ3v) is 1.80. The molecule has 0 aliphatic heterocycles. The van der Waals surface area contributed by atoms with Gasteiger partial charge in [0.1, 0.15) is 0 Å². The van der Waals surface area contributed by atoms with Crippen LogP contribution in [0.4, 0.5) is 0 Å². The van der Waals surface area contributed by atoms with Crippen molar-refractivity contribution in [2.24, 2.45) is 11.8 Å². The van der Waals surface area contributed by atoms with Gasteiger partial charge in [-0.05, 0) is 13.3 Å². The molecule has 1 aliphatic rings. The average Bonchev–Trinajstić information content (AvgIpc) is 2.65. The van der Waals surface area contributed by atoms with Crippen LogP contribution in [-0.2, 0) is 9.59 Å². The lowest BCUT2D eigenvalue weighted by molar-refractivity contribution is -0.140. The van der Waals surface area contributed by atoms with Crippen molar-refractivity contribution < 1.29 is 14.7 Å². The molecule has 0 aromatic carbocycles. The molecule has 2 N–H and O–H groups in total. The molecule has 11 heavy (non-hydrogen) atoms. The second-order valence-electron chi connectivity index (χ2n) is 2.68. The molecule has 0 radical (unpaired) electrons. The molecule has 1 rings (SSSR count). The summed E-state index contributed by atoms with van der Waals surface area (Å²) in [6.07, 6.45) is 0.501. The van der Waals surface area contributed by atoms with Crippen LogP contribution in [0, 0.1) is 11.8 Å². The fourth-order valence-electron chi connectivity index (χ4n) is 1.06. The first-order valence-corrected chi connectivity index (χ1v) is 3.67. The molecule has 1 amide bonds. The van der Waals surface area contributed by atoms with E-state index in [2.05, 4.69) is 5.32 Å². The standard InChI is InChI=1S/C7H11NO3/c1-2-8-6(9)4-3-5(4)7(10)11/h4-5H,2-3H2,1H3,(H,8,9)(H,10,11)/t4-,5-/m1/s1. The van der Waals surface area contributed by atoms with Crippen molar-refractivity contribution >= 4 is 11.9 Å². The Morgan fingerprint density at radius 2 is 2.18 bits per heavy atom. The van der Waals surface area contributed by atoms with Crippen molar-refractivity contribution in [3.05, 3.63) is 0 Å². The highest BCUT2D eigenvalue weighted by Crippen LogP contribution is 2.38. The van der Waals surface area contributed by atoms with Crippen LogP contribution in [0.3, 0.4) is 0 Å². The van der Waals surface area contributed by atoms with E-state index >= 15 is 0 Å². The van der Waals surface area contributed by atoms with Crippen molar-refractivity contribution in [1.29, 1.82) is 0 Å². The van der Waals surface area contributed by atoms with Crippen LogP contribution >= 0.6 is 0 Å². The van der Waals surface area contributed by atoms with E-state index in [9.17, 15) is 9.59 Å². The fraction of sp³-hybridized carbons (Fsp3) is 0.714. The topological polar surface area (TPSA) is 66.4 Å². The van der Waals surface area contributed by atoms with Crippen molar-refractivity contribution in [3.8, 4) is 0 Å². The Balaban J connectivity index is 2.32. The van der Waals surface area contributed by atoms with E-state index in [-0.39, 0.29) is 11.8 Å². The number of carbonyl (C=O) groups excluding carboxylic acids is 1. The number of aliphatic carboxylic acids is 1. The van der Waals surface area contributed by atoms with Gasteiger partial charge in [0.05, 0.1) is 11.8 Å². The lowest BCUT2D eigenvalue weighted by Crippen LogP contribution is -2.25. The van der Waals surface area contributed by atoms with E-state index in [4.69, 9.17) is 5.11 Å². The third kappa shape index (κ3) is 1.69. The van der Waals surface area contributed by atoms with Gasteiger partial charge in [0, 0.05) is 6.54 Å². The first-order valence-electron chi connectivity index (χ1n) is 3.67. The molecule has 0 unspecified atom stereocenters. The van der Waals surface area contributed by atoms with Gasteiger partial charge in [0.2, 0.25) is 5.91 Å². The summed E-state index contributed by atoms with van der Waals surface area (Å²) < 4.78 is 0. The minimum atomic E-state index is -0.860. The Morgan fingerprint density at radius 3 is 2.55 bits per heavy atom. The smallest absolute Gasteiger partial charge is 0.307 e. The first-order chi connectivity index (χ1) is 5.16. The molecule has 0 aromatic heterocycles. The highest BCUT2D eigenvalue weighted by atomic mass is 16.4. The average molecular weight is 157 g/mol. The van der Waals surface area contributed by atoms with Gasteiger partial charge in [0.25, 0.3) is 0 Å². The summed E-state index contributed by atoms with van der Waals surface area (Å²) in [6.45, 7) is 2.39. The normalized spacial score (nSPS) is 27.7. The summed E-state index contributed by atoms with van der Waals surface area (Å²) in [5.74, 6) is -1.69. The van der Waals surface area contributed by atoms with Crippen LogP contribution in [0.15, 0.2) is 0 Å². The van der Waals surface area contributed by atoms with Crippen molar-refractivity contribution in [1.82, 2.24) is 5.32 Å². The number of hydrogen-bond acceptors (Lipinski definition) is 2.